The van der Waals surface area contributed by atoms with Crippen molar-refractivity contribution in [3.8, 4) is 56.9 Å². The van der Waals surface area contributed by atoms with Crippen molar-refractivity contribution in [2.75, 3.05) is 0 Å². The van der Waals surface area contributed by atoms with Gasteiger partial charge < -0.3 is 9.13 Å². The van der Waals surface area contributed by atoms with Gasteiger partial charge in [-0.1, -0.05) is 133 Å². The lowest BCUT2D eigenvalue weighted by atomic mass is 9.91. The van der Waals surface area contributed by atoms with Gasteiger partial charge in [-0.05, 0) is 59.7 Å². The van der Waals surface area contributed by atoms with Crippen molar-refractivity contribution in [1.29, 1.82) is 10.5 Å². The van der Waals surface area contributed by atoms with Crippen LogP contribution in [0.4, 0.5) is 0 Å². The van der Waals surface area contributed by atoms with Gasteiger partial charge in [-0.3, -0.25) is 0 Å². The Balaban J connectivity index is 1.40. The molecule has 10 rings (SSSR count). The fraction of sp³-hybridized carbons (Fsp3) is 0. The maximum absolute atomic E-state index is 9.96. The lowest BCUT2D eigenvalue weighted by Gasteiger charge is -2.23. The molecule has 0 radical (unpaired) electrons. The normalized spacial score (nSPS) is 11.3. The van der Waals surface area contributed by atoms with E-state index in [-0.39, 0.29) is 0 Å². The second kappa shape index (κ2) is 12.5. The molecule has 4 nitrogen and oxygen atoms in total. The van der Waals surface area contributed by atoms with E-state index < -0.39 is 0 Å². The van der Waals surface area contributed by atoms with Crippen LogP contribution in [0.1, 0.15) is 11.1 Å². The van der Waals surface area contributed by atoms with Crippen LogP contribution in [0.25, 0.3) is 88.4 Å². The van der Waals surface area contributed by atoms with E-state index in [0.717, 1.165) is 77.6 Å². The molecule has 0 N–H and O–H groups in total. The van der Waals surface area contributed by atoms with Gasteiger partial charge in [0.05, 0.1) is 56.7 Å². The highest BCUT2D eigenvalue weighted by atomic mass is 15.0. The Hall–Kier alpha value is -7.66. The zero-order chi connectivity index (χ0) is 36.2. The molecular weight excluding hydrogens is 657 g/mol. The van der Waals surface area contributed by atoms with E-state index in [2.05, 4.69) is 161 Å². The molecule has 0 saturated carbocycles. The highest BCUT2D eigenvalue weighted by Crippen LogP contribution is 2.46. The minimum Gasteiger partial charge on any atom is -0.308 e. The number of fused-ring (bicyclic) bond motifs is 6. The van der Waals surface area contributed by atoms with Crippen molar-refractivity contribution < 1.29 is 0 Å². The quantitative estimate of drug-likeness (QED) is 0.181. The van der Waals surface area contributed by atoms with Crippen LogP contribution in [0.3, 0.4) is 0 Å². The van der Waals surface area contributed by atoms with Gasteiger partial charge >= 0.3 is 0 Å². The van der Waals surface area contributed by atoms with E-state index in [1.807, 2.05) is 42.5 Å². The second-order valence-corrected chi connectivity index (χ2v) is 13.5. The summed E-state index contributed by atoms with van der Waals surface area (Å²) in [5.41, 5.74) is 14.0. The van der Waals surface area contributed by atoms with Crippen LogP contribution >= 0.6 is 0 Å². The highest BCUT2D eigenvalue weighted by molar-refractivity contribution is 6.13. The summed E-state index contributed by atoms with van der Waals surface area (Å²) in [6.07, 6.45) is 0. The monoisotopic (exact) mass is 686 g/mol. The standard InChI is InChI=1S/C50H30N4/c51-31-33-25-27-47-43(29-33)44-30-34(32-52)26-28-48(44)54(47)50-38(36-15-5-2-6-16-36)20-12-22-42(50)41-21-11-19-37(35-13-3-1-4-14-35)49(41)53-45-23-9-7-17-39(45)40-18-8-10-24-46(40)53/h1-30H. The average molecular weight is 687 g/mol. The maximum Gasteiger partial charge on any atom is 0.0991 e. The lowest BCUT2D eigenvalue weighted by molar-refractivity contribution is 1.16. The first-order valence-electron chi connectivity index (χ1n) is 18.0. The fourth-order valence-electron chi connectivity index (χ4n) is 8.27. The molecule has 10 aromatic rings. The molecule has 0 saturated heterocycles. The molecule has 4 heteroatoms. The van der Waals surface area contributed by atoms with Crippen LogP contribution in [-0.4, -0.2) is 9.13 Å². The molecule has 250 valence electrons. The predicted molar refractivity (Wildman–Crippen MR) is 221 cm³/mol. The second-order valence-electron chi connectivity index (χ2n) is 13.5. The van der Waals surface area contributed by atoms with Crippen molar-refractivity contribution >= 4 is 43.6 Å². The SMILES string of the molecule is N#Cc1ccc2c(c1)c1cc(C#N)ccc1n2-c1c(-c2ccccc2)cccc1-c1cccc(-c2ccccc2)c1-n1c2ccccc2c2ccccc21. The molecule has 8 aromatic carbocycles. The van der Waals surface area contributed by atoms with Crippen molar-refractivity contribution in [2.45, 2.75) is 0 Å². The maximum atomic E-state index is 9.96. The van der Waals surface area contributed by atoms with Crippen molar-refractivity contribution in [3.05, 3.63) is 193 Å². The van der Waals surface area contributed by atoms with Crippen LogP contribution < -0.4 is 0 Å². The Labute approximate surface area is 312 Å². The molecule has 0 spiro atoms. The van der Waals surface area contributed by atoms with E-state index in [1.165, 1.54) is 10.8 Å². The first-order valence-corrected chi connectivity index (χ1v) is 18.0. The molecule has 2 heterocycles. The molecule has 0 aliphatic rings. The van der Waals surface area contributed by atoms with Gasteiger partial charge in [0.15, 0.2) is 0 Å². The van der Waals surface area contributed by atoms with E-state index in [1.54, 1.807) is 0 Å². The van der Waals surface area contributed by atoms with E-state index in [0.29, 0.717) is 11.1 Å². The topological polar surface area (TPSA) is 57.4 Å². The van der Waals surface area contributed by atoms with Gasteiger partial charge in [-0.2, -0.15) is 10.5 Å². The first-order chi connectivity index (χ1) is 26.7. The zero-order valence-electron chi connectivity index (χ0n) is 29.1. The van der Waals surface area contributed by atoms with Gasteiger partial charge in [0.2, 0.25) is 0 Å². The number of para-hydroxylation sites is 4. The van der Waals surface area contributed by atoms with Crippen LogP contribution in [0.5, 0.6) is 0 Å². The molecule has 0 fully saturated rings. The van der Waals surface area contributed by atoms with E-state index >= 15 is 0 Å². The van der Waals surface area contributed by atoms with Gasteiger partial charge in [0.1, 0.15) is 0 Å². The van der Waals surface area contributed by atoms with Crippen molar-refractivity contribution in [1.82, 2.24) is 9.13 Å². The lowest BCUT2D eigenvalue weighted by Crippen LogP contribution is -2.05. The summed E-state index contributed by atoms with van der Waals surface area (Å²) in [5, 5.41) is 24.2. The van der Waals surface area contributed by atoms with Gasteiger partial charge in [0.25, 0.3) is 0 Å². The summed E-state index contributed by atoms with van der Waals surface area (Å²) in [6.45, 7) is 0. The summed E-state index contributed by atoms with van der Waals surface area (Å²) in [7, 11) is 0. The molecular formula is C50H30N4. The number of nitriles is 2. The summed E-state index contributed by atoms with van der Waals surface area (Å²) in [6, 6.07) is 68.1. The number of aromatic nitrogens is 2. The molecule has 0 bridgehead atoms. The summed E-state index contributed by atoms with van der Waals surface area (Å²) in [4.78, 5) is 0. The summed E-state index contributed by atoms with van der Waals surface area (Å²) < 4.78 is 4.76. The minimum atomic E-state index is 0.574. The average Bonchev–Trinajstić information content (AvgIpc) is 3.75. The van der Waals surface area contributed by atoms with Crippen LogP contribution in [0.15, 0.2) is 182 Å². The van der Waals surface area contributed by atoms with Crippen LogP contribution in [-0.2, 0) is 0 Å². The smallest absolute Gasteiger partial charge is 0.0991 e. The van der Waals surface area contributed by atoms with Gasteiger partial charge in [-0.15, -0.1) is 0 Å². The van der Waals surface area contributed by atoms with Crippen LogP contribution in [0.2, 0.25) is 0 Å². The Kier molecular flexibility index (Phi) is 7.22. The number of hydrogen-bond donors (Lipinski definition) is 0. The number of benzene rings is 8. The Morgan fingerprint density at radius 1 is 0.315 bits per heavy atom. The zero-order valence-corrected chi connectivity index (χ0v) is 29.1. The largest absolute Gasteiger partial charge is 0.308 e. The fourth-order valence-corrected chi connectivity index (χ4v) is 8.27. The number of nitrogens with zero attached hydrogens (tertiary/aromatic N) is 4. The Bertz CT molecular complexity index is 3050. The molecule has 0 aliphatic carbocycles. The third-order valence-electron chi connectivity index (χ3n) is 10.6. The van der Waals surface area contributed by atoms with Gasteiger partial charge in [-0.25, -0.2) is 0 Å². The Morgan fingerprint density at radius 3 is 1.11 bits per heavy atom. The molecule has 2 aromatic heterocycles. The molecule has 0 unspecified atom stereocenters. The molecule has 54 heavy (non-hydrogen) atoms. The first kappa shape index (κ1) is 31.1. The Morgan fingerprint density at radius 2 is 0.685 bits per heavy atom. The third-order valence-corrected chi connectivity index (χ3v) is 10.6. The van der Waals surface area contributed by atoms with Crippen molar-refractivity contribution in [3.63, 3.8) is 0 Å². The molecule has 0 amide bonds. The molecule has 0 atom stereocenters. The number of rotatable bonds is 5. The minimum absolute atomic E-state index is 0.574. The number of hydrogen-bond acceptors (Lipinski definition) is 2. The van der Waals surface area contributed by atoms with E-state index in [4.69, 9.17) is 0 Å². The summed E-state index contributed by atoms with van der Waals surface area (Å²) >= 11 is 0. The molecule has 0 aliphatic heterocycles. The third kappa shape index (κ3) is 4.76. The summed E-state index contributed by atoms with van der Waals surface area (Å²) in [5.74, 6) is 0. The van der Waals surface area contributed by atoms with E-state index in [9.17, 15) is 10.5 Å². The van der Waals surface area contributed by atoms with Crippen molar-refractivity contribution in [2.24, 2.45) is 0 Å². The predicted octanol–water partition coefficient (Wildman–Crippen LogP) is 12.6. The highest BCUT2D eigenvalue weighted by Gasteiger charge is 2.25. The van der Waals surface area contributed by atoms with Crippen LogP contribution in [0, 0.1) is 22.7 Å². The van der Waals surface area contributed by atoms with Gasteiger partial charge in [0, 0.05) is 43.8 Å².